The van der Waals surface area contributed by atoms with Crippen molar-refractivity contribution >= 4 is 15.9 Å². The van der Waals surface area contributed by atoms with E-state index in [4.69, 9.17) is 5.26 Å². The molecule has 0 bridgehead atoms. The van der Waals surface area contributed by atoms with Gasteiger partial charge in [0.2, 0.25) is 15.9 Å². The van der Waals surface area contributed by atoms with E-state index in [2.05, 4.69) is 10.6 Å². The van der Waals surface area contributed by atoms with Gasteiger partial charge in [0.15, 0.2) is 0 Å². The molecule has 0 radical (unpaired) electrons. The van der Waals surface area contributed by atoms with E-state index in [1.165, 1.54) is 28.6 Å². The van der Waals surface area contributed by atoms with Crippen LogP contribution in [0.3, 0.4) is 0 Å². The first-order chi connectivity index (χ1) is 13.4. The minimum Gasteiger partial charge on any atom is -0.352 e. The minimum atomic E-state index is -3.59. The number of carbonyl (C=O) groups excluding carboxylic acids is 1. The second-order valence-corrected chi connectivity index (χ2v) is 9.64. The highest BCUT2D eigenvalue weighted by Gasteiger charge is 2.46. The number of nitrogens with one attached hydrogen (secondary N) is 2. The molecule has 1 saturated carbocycles. The van der Waals surface area contributed by atoms with Crippen molar-refractivity contribution < 1.29 is 13.2 Å². The Labute approximate surface area is 167 Å². The lowest BCUT2D eigenvalue weighted by Crippen LogP contribution is -2.48. The Morgan fingerprint density at radius 1 is 1.29 bits per heavy atom. The van der Waals surface area contributed by atoms with E-state index in [1.807, 2.05) is 13.0 Å². The predicted molar refractivity (Wildman–Crippen MR) is 106 cm³/mol. The minimum absolute atomic E-state index is 0.00315. The molecule has 8 heteroatoms. The van der Waals surface area contributed by atoms with Gasteiger partial charge in [-0.1, -0.05) is 13.3 Å². The van der Waals surface area contributed by atoms with Crippen molar-refractivity contribution in [1.82, 2.24) is 14.9 Å². The molecule has 7 nitrogen and oxygen atoms in total. The molecule has 3 rings (SSSR count). The van der Waals surface area contributed by atoms with Crippen LogP contribution < -0.4 is 10.6 Å². The normalized spacial score (nSPS) is 25.8. The molecule has 152 valence electrons. The third-order valence-electron chi connectivity index (χ3n) is 6.01. The van der Waals surface area contributed by atoms with Crippen molar-refractivity contribution in [3.63, 3.8) is 0 Å². The Morgan fingerprint density at radius 3 is 2.61 bits per heavy atom. The summed E-state index contributed by atoms with van der Waals surface area (Å²) in [4.78, 5) is 12.8. The van der Waals surface area contributed by atoms with Crippen LogP contribution in [0, 0.1) is 23.2 Å². The second kappa shape index (κ2) is 8.60. The van der Waals surface area contributed by atoms with Crippen molar-refractivity contribution in [1.29, 1.82) is 5.26 Å². The predicted octanol–water partition coefficient (Wildman–Crippen LogP) is 1.46. The number of benzene rings is 1. The number of rotatable bonds is 7. The van der Waals surface area contributed by atoms with Crippen LogP contribution in [0.2, 0.25) is 0 Å². The van der Waals surface area contributed by atoms with Crippen molar-refractivity contribution in [2.75, 3.05) is 20.1 Å². The molecule has 0 spiro atoms. The van der Waals surface area contributed by atoms with Crippen molar-refractivity contribution in [2.45, 2.75) is 49.6 Å². The summed E-state index contributed by atoms with van der Waals surface area (Å²) >= 11 is 0. The van der Waals surface area contributed by atoms with Crippen LogP contribution in [-0.4, -0.2) is 50.9 Å². The van der Waals surface area contributed by atoms with Gasteiger partial charge in [0.05, 0.1) is 22.6 Å². The van der Waals surface area contributed by atoms with Gasteiger partial charge in [0, 0.05) is 19.1 Å². The largest absolute Gasteiger partial charge is 0.352 e. The van der Waals surface area contributed by atoms with Crippen LogP contribution in [-0.2, 0) is 14.8 Å². The van der Waals surface area contributed by atoms with Gasteiger partial charge in [0.25, 0.3) is 0 Å². The number of carbonyl (C=O) groups is 1. The Kier molecular flexibility index (Phi) is 6.38. The number of fused-ring (bicyclic) bond motifs is 1. The van der Waals surface area contributed by atoms with Gasteiger partial charge >= 0.3 is 0 Å². The smallest absolute Gasteiger partial charge is 0.243 e. The monoisotopic (exact) mass is 404 g/mol. The number of hydrogen-bond acceptors (Lipinski definition) is 5. The number of likely N-dealkylation sites (N-methyl/N-ethyl adjacent to an activating group) is 1. The van der Waals surface area contributed by atoms with Gasteiger partial charge in [-0.15, -0.1) is 0 Å². The number of hydrogen-bond donors (Lipinski definition) is 2. The third-order valence-corrected chi connectivity index (χ3v) is 7.86. The summed E-state index contributed by atoms with van der Waals surface area (Å²) in [5.74, 6) is 0.428. The molecule has 1 aliphatic heterocycles. The average molecular weight is 405 g/mol. The Bertz CT molecular complexity index is 847. The van der Waals surface area contributed by atoms with E-state index >= 15 is 0 Å². The van der Waals surface area contributed by atoms with Gasteiger partial charge in [0.1, 0.15) is 0 Å². The first-order valence-corrected chi connectivity index (χ1v) is 11.3. The summed E-state index contributed by atoms with van der Waals surface area (Å²) in [5.41, 5.74) is 0.436. The van der Waals surface area contributed by atoms with E-state index in [9.17, 15) is 13.2 Å². The molecule has 28 heavy (non-hydrogen) atoms. The van der Waals surface area contributed by atoms with Gasteiger partial charge in [-0.2, -0.15) is 9.57 Å². The molecular weight excluding hydrogens is 376 g/mol. The molecule has 2 aliphatic rings. The molecule has 1 aliphatic carbocycles. The molecule has 2 N–H and O–H groups in total. The Hall–Kier alpha value is -1.95. The average Bonchev–Trinajstić information content (AvgIpc) is 3.28. The zero-order valence-corrected chi connectivity index (χ0v) is 17.2. The molecule has 1 heterocycles. The lowest BCUT2D eigenvalue weighted by atomic mass is 9.97. The fourth-order valence-corrected chi connectivity index (χ4v) is 5.96. The van der Waals surface area contributed by atoms with E-state index < -0.39 is 10.0 Å². The topological polar surface area (TPSA) is 102 Å². The maximum absolute atomic E-state index is 13.0. The summed E-state index contributed by atoms with van der Waals surface area (Å²) in [6.07, 6.45) is 3.52. The summed E-state index contributed by atoms with van der Waals surface area (Å²) in [6, 6.07) is 7.85. The summed E-state index contributed by atoms with van der Waals surface area (Å²) in [7, 11) is -1.80. The van der Waals surface area contributed by atoms with Gasteiger partial charge in [-0.25, -0.2) is 8.42 Å². The second-order valence-electron chi connectivity index (χ2n) is 7.70. The van der Waals surface area contributed by atoms with Crippen LogP contribution in [0.25, 0.3) is 0 Å². The number of nitriles is 1. The lowest BCUT2D eigenvalue weighted by molar-refractivity contribution is -0.124. The van der Waals surface area contributed by atoms with Crippen LogP contribution in [0.4, 0.5) is 0 Å². The molecule has 2 fully saturated rings. The molecule has 0 aromatic heterocycles. The fraction of sp³-hybridized carbons (Fsp3) is 0.600. The lowest BCUT2D eigenvalue weighted by Gasteiger charge is -2.24. The summed E-state index contributed by atoms with van der Waals surface area (Å²) in [6.45, 7) is 2.96. The number of amides is 1. The van der Waals surface area contributed by atoms with Crippen molar-refractivity contribution in [3.05, 3.63) is 29.8 Å². The SMILES string of the molecule is CCC[C@H](NC)C(=O)N[C@H]1CC[C@@H]2CN(S(=O)(=O)c3ccc(C#N)cc3)C[C@@H]21. The van der Waals surface area contributed by atoms with Gasteiger partial charge in [-0.3, -0.25) is 4.79 Å². The summed E-state index contributed by atoms with van der Waals surface area (Å²) < 4.78 is 27.5. The van der Waals surface area contributed by atoms with Crippen LogP contribution in [0.5, 0.6) is 0 Å². The standard InChI is InChI=1S/C20H28N4O3S/c1-3-4-19(22-2)20(25)23-18-10-7-15-12-24(13-17(15)18)28(26,27)16-8-5-14(11-21)6-9-16/h5-6,8-9,15,17-19,22H,3-4,7,10,12-13H2,1-2H3,(H,23,25)/t15-,17+,18+,19+/m1/s1. The van der Waals surface area contributed by atoms with E-state index in [0.717, 1.165) is 25.7 Å². The molecule has 1 aromatic rings. The molecular formula is C20H28N4O3S. The quantitative estimate of drug-likeness (QED) is 0.716. The maximum Gasteiger partial charge on any atom is 0.243 e. The molecule has 1 saturated heterocycles. The van der Waals surface area contributed by atoms with Crippen molar-refractivity contribution in [2.24, 2.45) is 11.8 Å². The highest BCUT2D eigenvalue weighted by atomic mass is 32.2. The van der Waals surface area contributed by atoms with Crippen LogP contribution in [0.1, 0.15) is 38.2 Å². The Morgan fingerprint density at radius 2 is 2.00 bits per heavy atom. The van der Waals surface area contributed by atoms with E-state index in [1.54, 1.807) is 7.05 Å². The zero-order valence-electron chi connectivity index (χ0n) is 16.4. The van der Waals surface area contributed by atoms with E-state index in [-0.39, 0.29) is 34.7 Å². The first kappa shape index (κ1) is 20.8. The number of nitrogens with zero attached hydrogens (tertiary/aromatic N) is 2. The van der Waals surface area contributed by atoms with Crippen LogP contribution in [0.15, 0.2) is 29.2 Å². The zero-order chi connectivity index (χ0) is 20.3. The molecule has 1 amide bonds. The van der Waals surface area contributed by atoms with Gasteiger partial charge < -0.3 is 10.6 Å². The molecule has 4 atom stereocenters. The molecule has 0 unspecified atom stereocenters. The maximum atomic E-state index is 13.0. The fourth-order valence-electron chi connectivity index (χ4n) is 4.43. The van der Waals surface area contributed by atoms with Gasteiger partial charge in [-0.05, 0) is 62.4 Å². The van der Waals surface area contributed by atoms with Crippen LogP contribution >= 0.6 is 0 Å². The third kappa shape index (κ3) is 4.07. The number of sulfonamides is 1. The first-order valence-electron chi connectivity index (χ1n) is 9.88. The Balaban J connectivity index is 1.68. The molecule has 1 aromatic carbocycles. The van der Waals surface area contributed by atoms with E-state index in [0.29, 0.717) is 18.7 Å². The highest BCUT2D eigenvalue weighted by molar-refractivity contribution is 7.89. The van der Waals surface area contributed by atoms with Crippen molar-refractivity contribution in [3.8, 4) is 6.07 Å². The summed E-state index contributed by atoms with van der Waals surface area (Å²) in [5, 5.41) is 15.1. The highest BCUT2D eigenvalue weighted by Crippen LogP contribution is 2.40.